The summed E-state index contributed by atoms with van der Waals surface area (Å²) in [6.45, 7) is 8.74. The van der Waals surface area contributed by atoms with E-state index in [-0.39, 0.29) is 23.3 Å². The monoisotopic (exact) mass is 414 g/mol. The molecule has 2 rings (SSSR count). The number of rotatable bonds is 8. The van der Waals surface area contributed by atoms with E-state index in [9.17, 15) is 14.4 Å². The van der Waals surface area contributed by atoms with E-state index in [1.54, 1.807) is 18.2 Å². The highest BCUT2D eigenvalue weighted by Gasteiger charge is 2.22. The molecule has 7 nitrogen and oxygen atoms in total. The molecule has 0 aliphatic heterocycles. The molecular formula is C23H26O7. The molecule has 7 heteroatoms. The largest absolute Gasteiger partial charge is 0.486 e. The van der Waals surface area contributed by atoms with Gasteiger partial charge in [0.1, 0.15) is 6.61 Å². The van der Waals surface area contributed by atoms with Crippen LogP contribution in [0.25, 0.3) is 11.0 Å². The van der Waals surface area contributed by atoms with Crippen LogP contribution in [0.1, 0.15) is 47.5 Å². The molecule has 0 aliphatic rings. The molecule has 1 aromatic carbocycles. The Labute approximate surface area is 174 Å². The van der Waals surface area contributed by atoms with Crippen LogP contribution in [0.2, 0.25) is 0 Å². The molecule has 160 valence electrons. The first-order valence-corrected chi connectivity index (χ1v) is 9.57. The molecule has 0 N–H and O–H groups in total. The Hall–Kier alpha value is -3.35. The molecule has 0 aliphatic carbocycles. The van der Waals surface area contributed by atoms with Crippen LogP contribution < -0.4 is 19.8 Å². The first-order valence-electron chi connectivity index (χ1n) is 9.57. The molecule has 0 unspecified atom stereocenters. The molecule has 30 heavy (non-hydrogen) atoms. The van der Waals surface area contributed by atoms with Crippen molar-refractivity contribution < 1.29 is 28.2 Å². The van der Waals surface area contributed by atoms with Gasteiger partial charge in [0.2, 0.25) is 0 Å². The van der Waals surface area contributed by atoms with Gasteiger partial charge in [0, 0.05) is 13.8 Å². The topological polar surface area (TPSA) is 92.0 Å². The van der Waals surface area contributed by atoms with E-state index in [0.717, 1.165) is 19.8 Å². The van der Waals surface area contributed by atoms with Crippen LogP contribution in [-0.4, -0.2) is 18.5 Å². The van der Waals surface area contributed by atoms with Crippen molar-refractivity contribution >= 4 is 22.9 Å². The second-order valence-corrected chi connectivity index (χ2v) is 7.05. The summed E-state index contributed by atoms with van der Waals surface area (Å²) >= 11 is 0. The van der Waals surface area contributed by atoms with Crippen molar-refractivity contribution in [3.05, 3.63) is 51.9 Å². The first kappa shape index (κ1) is 22.9. The fraction of sp³-hybridized carbons (Fsp3) is 0.348. The highest BCUT2D eigenvalue weighted by molar-refractivity contribution is 5.92. The van der Waals surface area contributed by atoms with Crippen molar-refractivity contribution in [2.24, 2.45) is 0 Å². The summed E-state index contributed by atoms with van der Waals surface area (Å²) in [6.07, 6.45) is 6.00. The van der Waals surface area contributed by atoms with Gasteiger partial charge in [-0.15, -0.1) is 0 Å². The average molecular weight is 414 g/mol. The van der Waals surface area contributed by atoms with Crippen molar-refractivity contribution in [1.29, 1.82) is 0 Å². The molecule has 0 atom stereocenters. The zero-order valence-corrected chi connectivity index (χ0v) is 17.9. The van der Waals surface area contributed by atoms with E-state index in [0.29, 0.717) is 5.75 Å². The number of allylic oxidation sites excluding steroid dienone is 3. The third-order valence-electron chi connectivity index (χ3n) is 4.06. The highest BCUT2D eigenvalue weighted by Crippen LogP contribution is 2.37. The molecule has 2 aromatic rings. The molecule has 0 bridgehead atoms. The molecule has 0 saturated heterocycles. The summed E-state index contributed by atoms with van der Waals surface area (Å²) in [7, 11) is 0. The quantitative estimate of drug-likeness (QED) is 0.351. The Kier molecular flexibility index (Phi) is 7.98. The minimum Gasteiger partial charge on any atom is -0.486 e. The molecule has 0 amide bonds. The van der Waals surface area contributed by atoms with Crippen molar-refractivity contribution in [2.45, 2.75) is 47.5 Å². The maximum atomic E-state index is 12.4. The Morgan fingerprint density at radius 3 is 2.27 bits per heavy atom. The first-order chi connectivity index (χ1) is 14.2. The fourth-order valence-electron chi connectivity index (χ4n) is 2.71. The summed E-state index contributed by atoms with van der Waals surface area (Å²) in [5.41, 5.74) is 1.61. The molecule has 0 fully saturated rings. The van der Waals surface area contributed by atoms with E-state index < -0.39 is 23.3 Å². The van der Waals surface area contributed by atoms with E-state index in [1.807, 2.05) is 13.0 Å². The second-order valence-electron chi connectivity index (χ2n) is 7.05. The number of ether oxygens (including phenoxy) is 3. The SMILES string of the molecule is CC(=O)Oc1c(OC(C)=O)c2cccc(OC/C=C(\C)CCC=C(C)C)c2oc1=O. The van der Waals surface area contributed by atoms with E-state index >= 15 is 0 Å². The minimum atomic E-state index is -0.946. The van der Waals surface area contributed by atoms with Crippen molar-refractivity contribution in [1.82, 2.24) is 0 Å². The molecule has 0 saturated carbocycles. The van der Waals surface area contributed by atoms with Gasteiger partial charge in [-0.3, -0.25) is 9.59 Å². The third-order valence-corrected chi connectivity index (χ3v) is 4.06. The lowest BCUT2D eigenvalue weighted by atomic mass is 10.1. The van der Waals surface area contributed by atoms with Gasteiger partial charge in [-0.2, -0.15) is 0 Å². The smallest absolute Gasteiger partial charge is 0.383 e. The van der Waals surface area contributed by atoms with Gasteiger partial charge >= 0.3 is 17.6 Å². The Morgan fingerprint density at radius 2 is 1.63 bits per heavy atom. The summed E-state index contributed by atoms with van der Waals surface area (Å²) in [5.74, 6) is -1.76. The number of carbonyl (C=O) groups excluding carboxylic acids is 2. The molecule has 1 aromatic heterocycles. The van der Waals surface area contributed by atoms with Crippen LogP contribution in [0.15, 0.2) is 50.7 Å². The minimum absolute atomic E-state index is 0.102. The van der Waals surface area contributed by atoms with E-state index in [1.165, 1.54) is 18.1 Å². The molecule has 1 heterocycles. The second kappa shape index (κ2) is 10.4. The average Bonchev–Trinajstić information content (AvgIpc) is 2.64. The van der Waals surface area contributed by atoms with Crippen LogP contribution in [-0.2, 0) is 9.59 Å². The predicted octanol–water partition coefficient (Wildman–Crippen LogP) is 4.72. The Balaban J connectivity index is 2.35. The van der Waals surface area contributed by atoms with Gasteiger partial charge in [-0.05, 0) is 51.8 Å². The summed E-state index contributed by atoms with van der Waals surface area (Å²) in [4.78, 5) is 35.2. The lowest BCUT2D eigenvalue weighted by molar-refractivity contribution is -0.134. The zero-order chi connectivity index (χ0) is 22.3. The third kappa shape index (κ3) is 6.34. The number of hydrogen-bond acceptors (Lipinski definition) is 7. The predicted molar refractivity (Wildman–Crippen MR) is 113 cm³/mol. The lowest BCUT2D eigenvalue weighted by Crippen LogP contribution is -2.15. The Morgan fingerprint density at radius 1 is 0.967 bits per heavy atom. The number of fused-ring (bicyclic) bond motifs is 1. The van der Waals surface area contributed by atoms with Gasteiger partial charge in [0.05, 0.1) is 5.39 Å². The van der Waals surface area contributed by atoms with Crippen molar-refractivity contribution in [2.75, 3.05) is 6.61 Å². The van der Waals surface area contributed by atoms with Crippen LogP contribution in [0, 0.1) is 0 Å². The number of benzene rings is 1. The van der Waals surface area contributed by atoms with Crippen LogP contribution >= 0.6 is 0 Å². The maximum absolute atomic E-state index is 12.4. The highest BCUT2D eigenvalue weighted by atomic mass is 16.6. The standard InChI is InChI=1S/C23H26O7/c1-14(2)8-6-9-15(3)12-13-27-19-11-7-10-18-20(19)30-23(26)22(29-17(5)25)21(18)28-16(4)24/h7-8,10-12H,6,9,13H2,1-5H3/b15-12+. The van der Waals surface area contributed by atoms with Gasteiger partial charge in [-0.25, -0.2) is 4.79 Å². The van der Waals surface area contributed by atoms with Crippen LogP contribution in [0.3, 0.4) is 0 Å². The van der Waals surface area contributed by atoms with Crippen molar-refractivity contribution in [3.63, 3.8) is 0 Å². The van der Waals surface area contributed by atoms with Crippen molar-refractivity contribution in [3.8, 4) is 17.2 Å². The number of esters is 2. The summed E-state index contributed by atoms with van der Waals surface area (Å²) in [5, 5.41) is 0.280. The number of hydrogen-bond donors (Lipinski definition) is 0. The van der Waals surface area contributed by atoms with Gasteiger partial charge in [0.15, 0.2) is 17.1 Å². The number of para-hydroxylation sites is 1. The zero-order valence-electron chi connectivity index (χ0n) is 17.9. The number of carbonyl (C=O) groups is 2. The lowest BCUT2D eigenvalue weighted by Gasteiger charge is -2.12. The maximum Gasteiger partial charge on any atom is 0.383 e. The molecular weight excluding hydrogens is 388 g/mol. The van der Waals surface area contributed by atoms with Crippen LogP contribution in [0.5, 0.6) is 17.2 Å². The normalized spacial score (nSPS) is 11.2. The Bertz CT molecular complexity index is 1050. The van der Waals surface area contributed by atoms with E-state index in [2.05, 4.69) is 19.9 Å². The summed E-state index contributed by atoms with van der Waals surface area (Å²) < 4.78 is 21.2. The molecule has 0 radical (unpaired) electrons. The van der Waals surface area contributed by atoms with Gasteiger partial charge in [0.25, 0.3) is 5.75 Å². The molecule has 0 spiro atoms. The van der Waals surface area contributed by atoms with Gasteiger partial charge in [-0.1, -0.05) is 23.3 Å². The summed E-state index contributed by atoms with van der Waals surface area (Å²) in [6, 6.07) is 4.88. The fourth-order valence-corrected chi connectivity index (χ4v) is 2.71. The van der Waals surface area contributed by atoms with Crippen LogP contribution in [0.4, 0.5) is 0 Å². The van der Waals surface area contributed by atoms with Gasteiger partial charge < -0.3 is 18.6 Å². The van der Waals surface area contributed by atoms with E-state index in [4.69, 9.17) is 18.6 Å².